The van der Waals surface area contributed by atoms with Crippen LogP contribution in [0.15, 0.2) is 89.8 Å². The normalized spacial score (nSPS) is 15.8. The van der Waals surface area contributed by atoms with Crippen LogP contribution >= 0.6 is 9.69 Å². The summed E-state index contributed by atoms with van der Waals surface area (Å²) in [5.41, 5.74) is 10.5. The molecule has 4 rings (SSSR count). The van der Waals surface area contributed by atoms with Gasteiger partial charge >= 0.3 is 27.0 Å². The zero-order valence-corrected chi connectivity index (χ0v) is 25.2. The Morgan fingerprint density at radius 1 is 0.789 bits per heavy atom. The third-order valence-electron chi connectivity index (χ3n) is 6.11. The summed E-state index contributed by atoms with van der Waals surface area (Å²) in [6.07, 6.45) is 2.72. The predicted octanol–water partition coefficient (Wildman–Crippen LogP) is 6.74. The van der Waals surface area contributed by atoms with E-state index in [4.69, 9.17) is 5.73 Å². The van der Waals surface area contributed by atoms with Gasteiger partial charge in [-0.05, 0) is 30.5 Å². The SMILES string of the molecule is [CH3-].[Cl][Ru+3].[NH-]C(c1ccccc1)C([N-]S(=O)(=O)Cc1ccc(S(=O)(=O)N2CCCCC2)cc1)c1ccccc1. The maximum Gasteiger partial charge on any atom is 0.243 e. The van der Waals surface area contributed by atoms with Crippen molar-refractivity contribution >= 4 is 29.7 Å². The van der Waals surface area contributed by atoms with Crippen molar-refractivity contribution in [3.8, 4) is 0 Å². The molecule has 1 fully saturated rings. The van der Waals surface area contributed by atoms with E-state index in [2.05, 4.69) is 14.4 Å². The van der Waals surface area contributed by atoms with Crippen molar-refractivity contribution in [3.05, 3.63) is 120 Å². The Bertz CT molecular complexity index is 1320. The number of sulfonamides is 2. The molecule has 0 bridgehead atoms. The van der Waals surface area contributed by atoms with E-state index < -0.39 is 32.1 Å². The van der Waals surface area contributed by atoms with Crippen molar-refractivity contribution in [2.45, 2.75) is 42.0 Å². The summed E-state index contributed by atoms with van der Waals surface area (Å²) >= 11 is 1.82. The number of hydrogen-bond donors (Lipinski definition) is 0. The smallest absolute Gasteiger partial charge is 0.243 e. The van der Waals surface area contributed by atoms with Crippen LogP contribution in [0.4, 0.5) is 0 Å². The van der Waals surface area contributed by atoms with Gasteiger partial charge in [0.25, 0.3) is 0 Å². The van der Waals surface area contributed by atoms with E-state index in [1.807, 2.05) is 41.6 Å². The van der Waals surface area contributed by atoms with Crippen LogP contribution in [0.1, 0.15) is 48.0 Å². The molecule has 1 aliphatic heterocycles. The largest absolute Gasteiger partial charge is 0.672 e. The summed E-state index contributed by atoms with van der Waals surface area (Å²) in [5, 5.41) is 0. The maximum absolute atomic E-state index is 13.1. The first-order valence-electron chi connectivity index (χ1n) is 11.7. The molecule has 11 heteroatoms. The zero-order chi connectivity index (χ0) is 26.9. The standard InChI is InChI=1S/C26H29N3O4S2.CH3.ClH.Ru/c27-25(22-10-4-1-5-11-22)26(23-12-6-2-7-13-23)28-34(30,31)20-21-14-16-24(17-15-21)35(32,33)29-18-8-3-9-19-29;;;/h1-2,4-7,10-17,25-27H,3,8-9,18-20H2;1H3;1H;/q-2;-1;;+4/p-1. The van der Waals surface area contributed by atoms with Gasteiger partial charge in [0, 0.05) is 13.1 Å². The molecular formula is C27H32ClN3O4RuS2. The van der Waals surface area contributed by atoms with E-state index in [1.165, 1.54) is 28.6 Å². The first-order chi connectivity index (χ1) is 17.8. The molecule has 0 amide bonds. The monoisotopic (exact) mass is 663 g/mol. The minimum Gasteiger partial charge on any atom is -0.672 e. The average Bonchev–Trinajstić information content (AvgIpc) is 2.94. The molecule has 0 aliphatic carbocycles. The van der Waals surface area contributed by atoms with Crippen molar-refractivity contribution in [2.24, 2.45) is 0 Å². The third-order valence-corrected chi connectivity index (χ3v) is 9.27. The molecule has 2 unspecified atom stereocenters. The number of hydrogen-bond acceptors (Lipinski definition) is 4. The molecule has 1 saturated heterocycles. The van der Waals surface area contributed by atoms with E-state index in [1.54, 1.807) is 36.4 Å². The quantitative estimate of drug-likeness (QED) is 0.187. The predicted molar refractivity (Wildman–Crippen MR) is 150 cm³/mol. The van der Waals surface area contributed by atoms with Crippen molar-refractivity contribution in [3.63, 3.8) is 0 Å². The number of nitrogens with zero attached hydrogens (tertiary/aromatic N) is 2. The van der Waals surface area contributed by atoms with Crippen molar-refractivity contribution in [2.75, 3.05) is 13.1 Å². The molecule has 1 aliphatic rings. The molecule has 38 heavy (non-hydrogen) atoms. The van der Waals surface area contributed by atoms with Crippen molar-refractivity contribution in [1.82, 2.24) is 4.31 Å². The molecule has 0 spiro atoms. The van der Waals surface area contributed by atoms with Gasteiger partial charge in [-0.2, -0.15) is 4.31 Å². The van der Waals surface area contributed by atoms with Crippen LogP contribution in [0.5, 0.6) is 0 Å². The molecule has 3 aromatic carbocycles. The number of piperidine rings is 1. The first kappa shape index (κ1) is 32.6. The topological polar surface area (TPSA) is 109 Å². The van der Waals surface area contributed by atoms with Crippen LogP contribution in [0.25, 0.3) is 10.5 Å². The van der Waals surface area contributed by atoms with E-state index in [0.29, 0.717) is 29.8 Å². The van der Waals surface area contributed by atoms with Crippen LogP contribution in [0.3, 0.4) is 0 Å². The Hall–Kier alpha value is -1.65. The van der Waals surface area contributed by atoms with Crippen LogP contribution < -0.4 is 0 Å². The van der Waals surface area contributed by atoms with Crippen LogP contribution in [0, 0.1) is 7.43 Å². The Morgan fingerprint density at radius 2 is 1.29 bits per heavy atom. The summed E-state index contributed by atoms with van der Waals surface area (Å²) in [6, 6.07) is 22.2. The molecule has 1 heterocycles. The number of benzene rings is 3. The molecule has 0 saturated carbocycles. The Morgan fingerprint density at radius 3 is 1.82 bits per heavy atom. The van der Waals surface area contributed by atoms with Gasteiger partial charge in [0.05, 0.1) is 20.7 Å². The molecule has 1 N–H and O–H groups in total. The van der Waals surface area contributed by atoms with E-state index >= 15 is 0 Å². The Labute approximate surface area is 241 Å². The second-order valence-electron chi connectivity index (χ2n) is 8.68. The molecule has 3 aromatic rings. The Balaban J connectivity index is 0.00000165. The fourth-order valence-electron chi connectivity index (χ4n) is 4.24. The summed E-state index contributed by atoms with van der Waals surface area (Å²) in [6.45, 7) is 1.02. The summed E-state index contributed by atoms with van der Waals surface area (Å²) < 4.78 is 57.5. The maximum atomic E-state index is 13.1. The van der Waals surface area contributed by atoms with E-state index in [-0.39, 0.29) is 18.1 Å². The van der Waals surface area contributed by atoms with Crippen LogP contribution in [-0.2, 0) is 43.1 Å². The van der Waals surface area contributed by atoms with Gasteiger partial charge in [-0.15, -0.1) is 12.1 Å². The second kappa shape index (κ2) is 15.2. The van der Waals surface area contributed by atoms with Gasteiger partial charge in [-0.1, -0.05) is 90.3 Å². The van der Waals surface area contributed by atoms with Gasteiger partial charge in [-0.25, -0.2) is 16.8 Å². The van der Waals surface area contributed by atoms with Gasteiger partial charge in [0.1, 0.15) is 0 Å². The minimum absolute atomic E-state index is 0. The van der Waals surface area contributed by atoms with E-state index in [9.17, 15) is 16.8 Å². The van der Waals surface area contributed by atoms with Crippen LogP contribution in [-0.4, -0.2) is 34.2 Å². The van der Waals surface area contributed by atoms with Crippen molar-refractivity contribution < 1.29 is 34.1 Å². The van der Waals surface area contributed by atoms with E-state index in [0.717, 1.165) is 19.3 Å². The Kier molecular flexibility index (Phi) is 13.0. The van der Waals surface area contributed by atoms with Gasteiger partial charge in [0.2, 0.25) is 10.0 Å². The molecule has 0 aromatic heterocycles. The fraction of sp³-hybridized carbons (Fsp3) is 0.296. The zero-order valence-electron chi connectivity index (χ0n) is 21.1. The average molecular weight is 663 g/mol. The molecule has 206 valence electrons. The third kappa shape index (κ3) is 8.68. The van der Waals surface area contributed by atoms with Gasteiger partial charge in [-0.3, -0.25) is 0 Å². The molecule has 0 radical (unpaired) electrons. The van der Waals surface area contributed by atoms with Gasteiger partial charge < -0.3 is 17.9 Å². The summed E-state index contributed by atoms with van der Waals surface area (Å²) in [4.78, 5) is 0.162. The van der Waals surface area contributed by atoms with Gasteiger partial charge in [0.15, 0.2) is 0 Å². The fourth-order valence-corrected chi connectivity index (χ4v) is 7.03. The minimum atomic E-state index is -3.96. The number of halogens is 1. The first-order valence-corrected chi connectivity index (χ1v) is 17.0. The van der Waals surface area contributed by atoms with Crippen molar-refractivity contribution in [1.29, 1.82) is 0 Å². The number of rotatable bonds is 9. The van der Waals surface area contributed by atoms with Crippen LogP contribution in [0.2, 0.25) is 0 Å². The second-order valence-corrected chi connectivity index (χ2v) is 12.3. The summed E-state index contributed by atoms with van der Waals surface area (Å²) in [7, 11) is -2.97. The molecule has 2 atom stereocenters. The number of nitrogens with one attached hydrogen (secondary N) is 1. The molecule has 7 nitrogen and oxygen atoms in total. The summed E-state index contributed by atoms with van der Waals surface area (Å²) in [5.74, 6) is -0.373. The molecular weight excluding hydrogens is 631 g/mol.